The summed E-state index contributed by atoms with van der Waals surface area (Å²) >= 11 is 0. The number of hydrogen-bond donors (Lipinski definition) is 2. The summed E-state index contributed by atoms with van der Waals surface area (Å²) in [6.45, 7) is 4.72. The second-order valence-electron chi connectivity index (χ2n) is 11.9. The van der Waals surface area contributed by atoms with Gasteiger partial charge in [-0.3, -0.25) is 0 Å². The molecule has 35 heavy (non-hydrogen) atoms. The van der Waals surface area contributed by atoms with Gasteiger partial charge in [-0.05, 0) is 80.1 Å². The van der Waals surface area contributed by atoms with E-state index in [0.29, 0.717) is 18.3 Å². The minimum absolute atomic E-state index is 0.0778. The molecule has 1 aromatic carbocycles. The summed E-state index contributed by atoms with van der Waals surface area (Å²) < 4.78 is 12.7. The summed E-state index contributed by atoms with van der Waals surface area (Å²) in [4.78, 5) is 6.42. The largest absolute Gasteiger partial charge is 0.443 e. The number of fused-ring (bicyclic) bond motifs is 2. The molecule has 1 saturated carbocycles. The molecule has 8 atom stereocenters. The standard InChI is InChI=1S/C29H34N2O4/c1-16-11-18-13-20-25(32)26(33)22(31(3)4)14-28(20)9-10-29(18,35-28)24-8-6-19(27(16,24)2)17-5-7-23-21(12-17)30-15-34-23/h5-7,11-13,15-16,22,24-26,32-33H,8-10,14H2,1-4H3/t16?,22-,24?,25+,26+,27+,28+,29+/m0/s1. The molecule has 1 aromatic heterocycles. The Labute approximate surface area is 206 Å². The molecular formula is C29H34N2O4. The molecule has 6 heteroatoms. The summed E-state index contributed by atoms with van der Waals surface area (Å²) in [5, 5.41) is 22.1. The van der Waals surface area contributed by atoms with E-state index in [9.17, 15) is 10.2 Å². The lowest BCUT2D eigenvalue weighted by Gasteiger charge is -2.57. The molecule has 1 saturated heterocycles. The highest BCUT2D eigenvalue weighted by atomic mass is 16.5. The molecule has 2 unspecified atom stereocenters. The van der Waals surface area contributed by atoms with Gasteiger partial charge in [0.2, 0.25) is 0 Å². The van der Waals surface area contributed by atoms with Gasteiger partial charge in [-0.2, -0.15) is 0 Å². The number of aliphatic hydroxyl groups is 2. The fourth-order valence-corrected chi connectivity index (χ4v) is 8.28. The molecule has 2 bridgehead atoms. The van der Waals surface area contributed by atoms with E-state index in [1.165, 1.54) is 23.1 Å². The first-order chi connectivity index (χ1) is 16.7. The van der Waals surface area contributed by atoms with Crippen LogP contribution in [0.3, 0.4) is 0 Å². The number of benzene rings is 1. The van der Waals surface area contributed by atoms with Gasteiger partial charge in [0.05, 0.1) is 17.3 Å². The molecule has 2 N–H and O–H groups in total. The van der Waals surface area contributed by atoms with Crippen LogP contribution < -0.4 is 0 Å². The van der Waals surface area contributed by atoms with Crippen molar-refractivity contribution in [2.75, 3.05) is 14.1 Å². The molecule has 2 aromatic rings. The highest BCUT2D eigenvalue weighted by molar-refractivity contribution is 5.82. The first kappa shape index (κ1) is 22.0. The van der Waals surface area contributed by atoms with E-state index in [1.807, 2.05) is 25.1 Å². The maximum atomic E-state index is 11.2. The Kier molecular flexibility index (Phi) is 4.36. The van der Waals surface area contributed by atoms with Gasteiger partial charge in [-0.1, -0.05) is 38.1 Å². The molecule has 184 valence electrons. The van der Waals surface area contributed by atoms with Gasteiger partial charge >= 0.3 is 0 Å². The van der Waals surface area contributed by atoms with Crippen LogP contribution in [0.1, 0.15) is 45.1 Å². The Morgan fingerprint density at radius 2 is 2.00 bits per heavy atom. The lowest BCUT2D eigenvalue weighted by atomic mass is 9.54. The number of hydrogen-bond acceptors (Lipinski definition) is 6. The predicted molar refractivity (Wildman–Crippen MR) is 133 cm³/mol. The molecule has 2 aliphatic heterocycles. The number of rotatable bonds is 2. The Bertz CT molecular complexity index is 1320. The van der Waals surface area contributed by atoms with E-state index in [2.05, 4.69) is 49.2 Å². The van der Waals surface area contributed by atoms with Crippen LogP contribution >= 0.6 is 0 Å². The van der Waals surface area contributed by atoms with Crippen LogP contribution in [0.2, 0.25) is 0 Å². The number of likely N-dealkylation sites (N-methyl/N-ethyl adjacent to an activating group) is 1. The summed E-state index contributed by atoms with van der Waals surface area (Å²) in [6, 6.07) is 6.20. The maximum absolute atomic E-state index is 11.2. The van der Waals surface area contributed by atoms with E-state index in [4.69, 9.17) is 9.15 Å². The lowest BCUT2D eigenvalue weighted by molar-refractivity contribution is -0.165. The Morgan fingerprint density at radius 1 is 1.17 bits per heavy atom. The maximum Gasteiger partial charge on any atom is 0.181 e. The first-order valence-corrected chi connectivity index (χ1v) is 12.9. The number of ether oxygens (including phenoxy) is 1. The van der Waals surface area contributed by atoms with Gasteiger partial charge in [0.15, 0.2) is 12.0 Å². The molecular weight excluding hydrogens is 440 g/mol. The quantitative estimate of drug-likeness (QED) is 0.683. The Balaban J connectivity index is 1.33. The van der Waals surface area contributed by atoms with Crippen LogP contribution in [0.15, 0.2) is 58.4 Å². The van der Waals surface area contributed by atoms with Crippen molar-refractivity contribution >= 4 is 16.7 Å². The highest BCUT2D eigenvalue weighted by Gasteiger charge is 2.68. The van der Waals surface area contributed by atoms with Crippen LogP contribution in [-0.2, 0) is 4.74 Å². The minimum atomic E-state index is -0.900. The molecule has 2 spiro atoms. The Hall–Kier alpha value is -2.25. The zero-order valence-electron chi connectivity index (χ0n) is 20.9. The zero-order chi connectivity index (χ0) is 24.3. The molecule has 0 radical (unpaired) electrons. The normalized spacial score (nSPS) is 44.0. The molecule has 0 amide bonds. The van der Waals surface area contributed by atoms with Gasteiger partial charge in [-0.15, -0.1) is 0 Å². The number of nitrogens with zero attached hydrogens (tertiary/aromatic N) is 2. The fraction of sp³-hybridized carbons (Fsp3) is 0.552. The number of allylic oxidation sites excluding steroid dienone is 3. The third-order valence-corrected chi connectivity index (χ3v) is 10.3. The second kappa shape index (κ2) is 6.94. The van der Waals surface area contributed by atoms with Gasteiger partial charge in [0.1, 0.15) is 11.6 Å². The third kappa shape index (κ3) is 2.61. The van der Waals surface area contributed by atoms with E-state index in [-0.39, 0.29) is 17.1 Å². The smallest absolute Gasteiger partial charge is 0.181 e. The monoisotopic (exact) mass is 474 g/mol. The average Bonchev–Trinajstić information content (AvgIpc) is 3.52. The summed E-state index contributed by atoms with van der Waals surface area (Å²) in [7, 11) is 3.95. The van der Waals surface area contributed by atoms with E-state index < -0.39 is 17.8 Å². The van der Waals surface area contributed by atoms with Crippen molar-refractivity contribution in [1.29, 1.82) is 0 Å². The first-order valence-electron chi connectivity index (χ1n) is 12.9. The average molecular weight is 475 g/mol. The highest BCUT2D eigenvalue weighted by Crippen LogP contribution is 2.69. The Morgan fingerprint density at radius 3 is 2.80 bits per heavy atom. The molecule has 6 nitrogen and oxygen atoms in total. The summed E-state index contributed by atoms with van der Waals surface area (Å²) in [6.07, 6.45) is 10.3. The van der Waals surface area contributed by atoms with Gasteiger partial charge in [0, 0.05) is 17.4 Å². The number of aromatic nitrogens is 1. The van der Waals surface area contributed by atoms with Crippen molar-refractivity contribution in [1.82, 2.24) is 9.88 Å². The van der Waals surface area contributed by atoms with Gasteiger partial charge in [0.25, 0.3) is 0 Å². The summed E-state index contributed by atoms with van der Waals surface area (Å²) in [5.74, 6) is 0.607. The third-order valence-electron chi connectivity index (χ3n) is 10.3. The van der Waals surface area contributed by atoms with Crippen molar-refractivity contribution < 1.29 is 19.4 Å². The topological polar surface area (TPSA) is 79.0 Å². The van der Waals surface area contributed by atoms with Crippen molar-refractivity contribution in [3.05, 3.63) is 59.5 Å². The van der Waals surface area contributed by atoms with E-state index in [1.54, 1.807) is 0 Å². The van der Waals surface area contributed by atoms with Gasteiger partial charge in [-0.25, -0.2) is 4.98 Å². The van der Waals surface area contributed by atoms with Crippen LogP contribution in [-0.4, -0.2) is 63.6 Å². The molecule has 2 fully saturated rings. The van der Waals surface area contributed by atoms with Crippen molar-refractivity contribution in [2.24, 2.45) is 17.3 Å². The number of aliphatic hydroxyl groups excluding tert-OH is 2. The molecule has 7 rings (SSSR count). The van der Waals surface area contributed by atoms with Crippen molar-refractivity contribution in [2.45, 2.75) is 69.0 Å². The van der Waals surface area contributed by atoms with Crippen LogP contribution in [0.5, 0.6) is 0 Å². The number of oxazole rings is 1. The van der Waals surface area contributed by atoms with Crippen molar-refractivity contribution in [3.8, 4) is 0 Å². The zero-order valence-corrected chi connectivity index (χ0v) is 20.9. The second-order valence-corrected chi connectivity index (χ2v) is 11.9. The molecule has 3 aliphatic carbocycles. The minimum Gasteiger partial charge on any atom is -0.443 e. The molecule has 5 aliphatic rings. The van der Waals surface area contributed by atoms with Crippen molar-refractivity contribution in [3.63, 3.8) is 0 Å². The summed E-state index contributed by atoms with van der Waals surface area (Å²) in [5.41, 5.74) is 5.41. The van der Waals surface area contributed by atoms with Gasteiger partial charge < -0.3 is 24.3 Å². The lowest BCUT2D eigenvalue weighted by Crippen LogP contribution is -2.62. The van der Waals surface area contributed by atoms with E-state index in [0.717, 1.165) is 35.9 Å². The van der Waals surface area contributed by atoms with Crippen LogP contribution in [0.4, 0.5) is 0 Å². The SMILES string of the molecule is CC1C=C2C=C3[C@@H](O)[C@H](O)[C@@H](N(C)C)C[C@]34CC[C@]2(O4)C2CC=C(c3ccc4ocnc4c3)[C@@]12C. The van der Waals surface area contributed by atoms with Crippen LogP contribution in [0, 0.1) is 17.3 Å². The van der Waals surface area contributed by atoms with Crippen LogP contribution in [0.25, 0.3) is 16.7 Å². The fourth-order valence-electron chi connectivity index (χ4n) is 8.28. The molecule has 3 heterocycles. The predicted octanol–water partition coefficient (Wildman–Crippen LogP) is 4.10. The van der Waals surface area contributed by atoms with E-state index >= 15 is 0 Å².